The first-order valence-electron chi connectivity index (χ1n) is 5.69. The maximum atomic E-state index is 11.4. The third kappa shape index (κ3) is 5.42. The number of likely N-dealkylation sites (N-methyl/N-ethyl adjacent to an activating group) is 2. The van der Waals surface area contributed by atoms with Gasteiger partial charge in [0.1, 0.15) is 0 Å². The topological polar surface area (TPSA) is 44.4 Å². The minimum absolute atomic E-state index is 0. The van der Waals surface area contributed by atoms with E-state index in [9.17, 15) is 4.79 Å². The van der Waals surface area contributed by atoms with Gasteiger partial charge in [-0.1, -0.05) is 12.8 Å². The fourth-order valence-electron chi connectivity index (χ4n) is 2.30. The summed E-state index contributed by atoms with van der Waals surface area (Å²) in [5.74, 6) is 0.0885. The van der Waals surface area contributed by atoms with Crippen molar-refractivity contribution in [1.82, 2.24) is 15.5 Å². The van der Waals surface area contributed by atoms with E-state index in [1.54, 1.807) is 7.05 Å². The Balaban J connectivity index is 0. The van der Waals surface area contributed by atoms with Crippen molar-refractivity contribution < 1.29 is 4.79 Å². The highest BCUT2D eigenvalue weighted by Gasteiger charge is 2.35. The zero-order chi connectivity index (χ0) is 11.3. The molecule has 2 N–H and O–H groups in total. The van der Waals surface area contributed by atoms with E-state index in [1.807, 2.05) is 0 Å². The Morgan fingerprint density at radius 3 is 2.18 bits per heavy atom. The van der Waals surface area contributed by atoms with Crippen molar-refractivity contribution in [3.05, 3.63) is 0 Å². The average Bonchev–Trinajstić information content (AvgIpc) is 2.65. The van der Waals surface area contributed by atoms with Crippen LogP contribution in [0.25, 0.3) is 0 Å². The van der Waals surface area contributed by atoms with Gasteiger partial charge >= 0.3 is 0 Å². The molecule has 1 aliphatic carbocycles. The molecule has 0 spiro atoms. The van der Waals surface area contributed by atoms with Crippen LogP contribution in [0.4, 0.5) is 0 Å². The van der Waals surface area contributed by atoms with Gasteiger partial charge in [-0.2, -0.15) is 0 Å². The van der Waals surface area contributed by atoms with E-state index in [2.05, 4.69) is 29.6 Å². The van der Waals surface area contributed by atoms with Crippen LogP contribution in [0.1, 0.15) is 25.7 Å². The standard InChI is InChI=1S/C11H23N3O.2ClH/c1-12-8-10(15)13-9-11(14(2)3)6-4-5-7-11;;/h12H,4-9H2,1-3H3,(H,13,15);2*1H. The lowest BCUT2D eigenvalue weighted by molar-refractivity contribution is -0.120. The summed E-state index contributed by atoms with van der Waals surface area (Å²) in [5.41, 5.74) is 0.198. The van der Waals surface area contributed by atoms with Crippen molar-refractivity contribution in [2.75, 3.05) is 34.2 Å². The molecule has 0 bridgehead atoms. The lowest BCUT2D eigenvalue weighted by Gasteiger charge is -2.36. The SMILES string of the molecule is CNCC(=O)NCC1(N(C)C)CCCC1.Cl.Cl. The van der Waals surface area contributed by atoms with Crippen LogP contribution < -0.4 is 10.6 Å². The van der Waals surface area contributed by atoms with Crippen molar-refractivity contribution in [2.24, 2.45) is 0 Å². The molecule has 0 radical (unpaired) electrons. The predicted molar refractivity (Wildman–Crippen MR) is 76.3 cm³/mol. The summed E-state index contributed by atoms with van der Waals surface area (Å²) in [6, 6.07) is 0. The van der Waals surface area contributed by atoms with Crippen molar-refractivity contribution in [2.45, 2.75) is 31.2 Å². The van der Waals surface area contributed by atoms with Crippen molar-refractivity contribution in [1.29, 1.82) is 0 Å². The van der Waals surface area contributed by atoms with Crippen LogP contribution >= 0.6 is 24.8 Å². The fourth-order valence-corrected chi connectivity index (χ4v) is 2.30. The smallest absolute Gasteiger partial charge is 0.234 e. The Hall–Kier alpha value is -0.0300. The molecule has 0 saturated heterocycles. The highest BCUT2D eigenvalue weighted by atomic mass is 35.5. The molecule has 1 rings (SSSR count). The number of amides is 1. The van der Waals surface area contributed by atoms with Crippen LogP contribution in [0, 0.1) is 0 Å². The maximum absolute atomic E-state index is 11.4. The number of carbonyl (C=O) groups excluding carboxylic acids is 1. The molecule has 0 atom stereocenters. The number of hydrogen-bond donors (Lipinski definition) is 2. The molecular weight excluding hydrogens is 261 g/mol. The Kier molecular flexibility index (Phi) is 10.2. The molecule has 0 heterocycles. The molecule has 0 aromatic rings. The van der Waals surface area contributed by atoms with E-state index >= 15 is 0 Å². The van der Waals surface area contributed by atoms with E-state index in [1.165, 1.54) is 25.7 Å². The first kappa shape index (κ1) is 19.3. The van der Waals surface area contributed by atoms with E-state index in [-0.39, 0.29) is 36.3 Å². The molecule has 104 valence electrons. The first-order chi connectivity index (χ1) is 7.10. The van der Waals surface area contributed by atoms with Crippen molar-refractivity contribution in [3.8, 4) is 0 Å². The molecule has 6 heteroatoms. The minimum Gasteiger partial charge on any atom is -0.353 e. The van der Waals surface area contributed by atoms with Gasteiger partial charge in [0.25, 0.3) is 0 Å². The van der Waals surface area contributed by atoms with Crippen LogP contribution in [0.3, 0.4) is 0 Å². The molecule has 0 aliphatic heterocycles. The number of nitrogens with one attached hydrogen (secondary N) is 2. The molecular formula is C11H25Cl2N3O. The third-order valence-electron chi connectivity index (χ3n) is 3.43. The summed E-state index contributed by atoms with van der Waals surface area (Å²) in [5, 5.41) is 5.86. The summed E-state index contributed by atoms with van der Waals surface area (Å²) in [7, 11) is 6.00. The fraction of sp³-hybridized carbons (Fsp3) is 0.909. The summed E-state index contributed by atoms with van der Waals surface area (Å²) >= 11 is 0. The van der Waals surface area contributed by atoms with Gasteiger partial charge in [0, 0.05) is 12.1 Å². The third-order valence-corrected chi connectivity index (χ3v) is 3.43. The second-order valence-electron chi connectivity index (χ2n) is 4.63. The largest absolute Gasteiger partial charge is 0.353 e. The van der Waals surface area contributed by atoms with Crippen molar-refractivity contribution in [3.63, 3.8) is 0 Å². The summed E-state index contributed by atoms with van der Waals surface area (Å²) in [6.45, 7) is 1.18. The lowest BCUT2D eigenvalue weighted by Crippen LogP contribution is -2.51. The highest BCUT2D eigenvalue weighted by molar-refractivity contribution is 5.85. The predicted octanol–water partition coefficient (Wildman–Crippen LogP) is 1.04. The maximum Gasteiger partial charge on any atom is 0.234 e. The number of carbonyl (C=O) groups is 1. The number of nitrogens with zero attached hydrogens (tertiary/aromatic N) is 1. The Bertz CT molecular complexity index is 219. The summed E-state index contributed by atoms with van der Waals surface area (Å²) in [6.07, 6.45) is 4.94. The average molecular weight is 286 g/mol. The van der Waals surface area contributed by atoms with Crippen LogP contribution in [-0.2, 0) is 4.79 Å². The second kappa shape index (κ2) is 8.97. The normalized spacial score (nSPS) is 17.2. The van der Waals surface area contributed by atoms with Gasteiger partial charge in [0.05, 0.1) is 6.54 Å². The van der Waals surface area contributed by atoms with Crippen LogP contribution in [-0.4, -0.2) is 50.6 Å². The van der Waals surface area contributed by atoms with Gasteiger partial charge in [-0.15, -0.1) is 24.8 Å². The van der Waals surface area contributed by atoms with Crippen molar-refractivity contribution >= 4 is 30.7 Å². The monoisotopic (exact) mass is 285 g/mol. The Labute approximate surface area is 117 Å². The van der Waals surface area contributed by atoms with Crippen LogP contribution in [0.2, 0.25) is 0 Å². The number of rotatable bonds is 5. The highest BCUT2D eigenvalue weighted by Crippen LogP contribution is 2.32. The van der Waals surface area contributed by atoms with Gasteiger partial charge in [-0.25, -0.2) is 0 Å². The molecule has 1 fully saturated rings. The number of halogens is 2. The molecule has 1 amide bonds. The van der Waals surface area contributed by atoms with Gasteiger partial charge in [-0.3, -0.25) is 4.79 Å². The van der Waals surface area contributed by atoms with E-state index in [4.69, 9.17) is 0 Å². The molecule has 1 aliphatic rings. The van der Waals surface area contributed by atoms with E-state index in [0.29, 0.717) is 6.54 Å². The van der Waals surface area contributed by atoms with Gasteiger partial charge < -0.3 is 15.5 Å². The van der Waals surface area contributed by atoms with E-state index in [0.717, 1.165) is 6.54 Å². The van der Waals surface area contributed by atoms with Crippen LogP contribution in [0.15, 0.2) is 0 Å². The summed E-state index contributed by atoms with van der Waals surface area (Å²) in [4.78, 5) is 13.6. The molecule has 17 heavy (non-hydrogen) atoms. The molecule has 0 unspecified atom stereocenters. The molecule has 1 saturated carbocycles. The first-order valence-corrected chi connectivity index (χ1v) is 5.69. The quantitative estimate of drug-likeness (QED) is 0.794. The Morgan fingerprint density at radius 2 is 1.76 bits per heavy atom. The minimum atomic E-state index is 0. The van der Waals surface area contributed by atoms with E-state index < -0.39 is 0 Å². The van der Waals surface area contributed by atoms with Gasteiger partial charge in [-0.05, 0) is 34.0 Å². The van der Waals surface area contributed by atoms with Gasteiger partial charge in [0.2, 0.25) is 5.91 Å². The zero-order valence-electron chi connectivity index (χ0n) is 10.9. The second-order valence-corrected chi connectivity index (χ2v) is 4.63. The Morgan fingerprint density at radius 1 is 1.24 bits per heavy atom. The lowest BCUT2D eigenvalue weighted by atomic mass is 9.96. The summed E-state index contributed by atoms with van der Waals surface area (Å²) < 4.78 is 0. The zero-order valence-corrected chi connectivity index (χ0v) is 12.5. The molecule has 0 aromatic heterocycles. The molecule has 0 aromatic carbocycles. The molecule has 4 nitrogen and oxygen atoms in total. The van der Waals surface area contributed by atoms with Crippen LogP contribution in [0.5, 0.6) is 0 Å². The number of hydrogen-bond acceptors (Lipinski definition) is 3. The van der Waals surface area contributed by atoms with Gasteiger partial charge in [0.15, 0.2) is 0 Å².